The average Bonchev–Trinajstić information content (AvgIpc) is 2.06. The summed E-state index contributed by atoms with van der Waals surface area (Å²) >= 11 is 0. The van der Waals surface area contributed by atoms with Gasteiger partial charge in [0.25, 0.3) is 0 Å². The van der Waals surface area contributed by atoms with E-state index in [9.17, 15) is 5.11 Å². The molecule has 1 unspecified atom stereocenters. The third kappa shape index (κ3) is 2.76. The minimum absolute atomic E-state index is 0.0556. The lowest BCUT2D eigenvalue weighted by Crippen LogP contribution is -2.26. The van der Waals surface area contributed by atoms with Gasteiger partial charge >= 0.3 is 0 Å². The van der Waals surface area contributed by atoms with Gasteiger partial charge in [-0.3, -0.25) is 0 Å². The first-order chi connectivity index (χ1) is 5.38. The first-order valence-corrected chi connectivity index (χ1v) is 4.72. The number of hydrogen-bond acceptors (Lipinski definition) is 2. The molecule has 0 aromatic heterocycles. The summed E-state index contributed by atoms with van der Waals surface area (Å²) in [6.45, 7) is 8.54. The Morgan fingerprint density at radius 1 is 1.42 bits per heavy atom. The molecule has 1 fully saturated rings. The molecule has 0 bridgehead atoms. The molecule has 1 N–H and O–H groups in total. The molecule has 0 amide bonds. The molecule has 1 aliphatic rings. The molecular formula is C10H20O2. The number of rotatable bonds is 1. The van der Waals surface area contributed by atoms with Crippen LogP contribution in [0.2, 0.25) is 0 Å². The quantitative estimate of drug-likeness (QED) is 0.655. The van der Waals surface area contributed by atoms with E-state index >= 15 is 0 Å². The molecule has 0 aromatic rings. The Morgan fingerprint density at radius 3 is 2.33 bits per heavy atom. The second-order valence-electron chi connectivity index (χ2n) is 5.05. The Balaban J connectivity index is 2.43. The van der Waals surface area contributed by atoms with Crippen molar-refractivity contribution in [2.75, 3.05) is 0 Å². The third-order valence-corrected chi connectivity index (χ3v) is 2.22. The van der Waals surface area contributed by atoms with Crippen molar-refractivity contribution in [2.24, 2.45) is 5.41 Å². The Kier molecular flexibility index (Phi) is 2.79. The summed E-state index contributed by atoms with van der Waals surface area (Å²) in [5, 5.41) is 9.60. The van der Waals surface area contributed by atoms with E-state index in [0.717, 1.165) is 12.8 Å². The molecule has 2 nitrogen and oxygen atoms in total. The van der Waals surface area contributed by atoms with Crippen LogP contribution in [0.5, 0.6) is 0 Å². The molecule has 1 aliphatic heterocycles. The molecular weight excluding hydrogens is 152 g/mol. The molecule has 0 saturated carbocycles. The molecule has 1 saturated heterocycles. The fourth-order valence-electron chi connectivity index (χ4n) is 1.72. The molecule has 12 heavy (non-hydrogen) atoms. The van der Waals surface area contributed by atoms with Crippen molar-refractivity contribution in [3.05, 3.63) is 0 Å². The third-order valence-electron chi connectivity index (χ3n) is 2.22. The monoisotopic (exact) mass is 172 g/mol. The number of hydrogen-bond donors (Lipinski definition) is 1. The Hall–Kier alpha value is -0.0800. The molecule has 1 rings (SSSR count). The SMILES string of the molecule is C[C@H]1CC(O)[C@@H](CC(C)(C)C)O1. The topological polar surface area (TPSA) is 29.5 Å². The van der Waals surface area contributed by atoms with Crippen LogP contribution in [0.4, 0.5) is 0 Å². The summed E-state index contributed by atoms with van der Waals surface area (Å²) in [4.78, 5) is 0. The lowest BCUT2D eigenvalue weighted by atomic mass is 9.87. The van der Waals surface area contributed by atoms with Gasteiger partial charge in [-0.1, -0.05) is 20.8 Å². The van der Waals surface area contributed by atoms with Crippen molar-refractivity contribution < 1.29 is 9.84 Å². The molecule has 0 spiro atoms. The van der Waals surface area contributed by atoms with Gasteiger partial charge in [-0.15, -0.1) is 0 Å². The van der Waals surface area contributed by atoms with E-state index in [-0.39, 0.29) is 23.7 Å². The number of ether oxygens (including phenoxy) is 1. The van der Waals surface area contributed by atoms with Crippen LogP contribution in [0.1, 0.15) is 40.5 Å². The van der Waals surface area contributed by atoms with E-state index in [1.165, 1.54) is 0 Å². The highest BCUT2D eigenvalue weighted by Crippen LogP contribution is 2.30. The first kappa shape index (κ1) is 10.0. The van der Waals surface area contributed by atoms with Gasteiger partial charge in [0.2, 0.25) is 0 Å². The predicted octanol–water partition coefficient (Wildman–Crippen LogP) is 1.96. The standard InChI is InChI=1S/C10H20O2/c1-7-5-8(11)9(12-7)6-10(2,3)4/h7-9,11H,5-6H2,1-4H3/t7-,8?,9+/m0/s1. The van der Waals surface area contributed by atoms with E-state index in [0.29, 0.717) is 0 Å². The summed E-state index contributed by atoms with van der Waals surface area (Å²) in [7, 11) is 0. The smallest absolute Gasteiger partial charge is 0.0843 e. The van der Waals surface area contributed by atoms with E-state index < -0.39 is 0 Å². The van der Waals surface area contributed by atoms with Crippen molar-refractivity contribution in [1.82, 2.24) is 0 Å². The molecule has 72 valence electrons. The van der Waals surface area contributed by atoms with Crippen LogP contribution >= 0.6 is 0 Å². The van der Waals surface area contributed by atoms with Crippen molar-refractivity contribution in [1.29, 1.82) is 0 Å². The van der Waals surface area contributed by atoms with Gasteiger partial charge in [0.15, 0.2) is 0 Å². The van der Waals surface area contributed by atoms with Crippen molar-refractivity contribution >= 4 is 0 Å². The molecule has 1 heterocycles. The lowest BCUT2D eigenvalue weighted by Gasteiger charge is -2.24. The molecule has 0 radical (unpaired) electrons. The molecule has 3 atom stereocenters. The van der Waals surface area contributed by atoms with Crippen LogP contribution in [0, 0.1) is 5.41 Å². The van der Waals surface area contributed by atoms with E-state index in [1.54, 1.807) is 0 Å². The fourth-order valence-corrected chi connectivity index (χ4v) is 1.72. The van der Waals surface area contributed by atoms with Crippen LogP contribution in [-0.2, 0) is 4.74 Å². The largest absolute Gasteiger partial charge is 0.390 e. The van der Waals surface area contributed by atoms with Gasteiger partial charge in [0, 0.05) is 6.42 Å². The predicted molar refractivity (Wildman–Crippen MR) is 49.0 cm³/mol. The maximum atomic E-state index is 9.60. The average molecular weight is 172 g/mol. The maximum absolute atomic E-state index is 9.60. The van der Waals surface area contributed by atoms with Gasteiger partial charge in [0.1, 0.15) is 0 Å². The van der Waals surface area contributed by atoms with Gasteiger partial charge in [-0.2, -0.15) is 0 Å². The van der Waals surface area contributed by atoms with Gasteiger partial charge in [0.05, 0.1) is 18.3 Å². The summed E-state index contributed by atoms with van der Waals surface area (Å²) in [6.07, 6.45) is 1.77. The Bertz CT molecular complexity index is 148. The summed E-state index contributed by atoms with van der Waals surface area (Å²) < 4.78 is 5.60. The minimum Gasteiger partial charge on any atom is -0.390 e. The first-order valence-electron chi connectivity index (χ1n) is 4.72. The fraction of sp³-hybridized carbons (Fsp3) is 1.00. The number of aliphatic hydroxyl groups excluding tert-OH is 1. The Labute approximate surface area is 74.9 Å². The number of aliphatic hydroxyl groups is 1. The highest BCUT2D eigenvalue weighted by Gasteiger charge is 2.33. The van der Waals surface area contributed by atoms with Crippen molar-refractivity contribution in [3.63, 3.8) is 0 Å². The zero-order valence-electron chi connectivity index (χ0n) is 8.50. The van der Waals surface area contributed by atoms with Gasteiger partial charge in [-0.25, -0.2) is 0 Å². The van der Waals surface area contributed by atoms with Crippen LogP contribution in [0.15, 0.2) is 0 Å². The molecule has 2 heteroatoms. The summed E-state index contributed by atoms with van der Waals surface area (Å²) in [5.74, 6) is 0. The zero-order valence-corrected chi connectivity index (χ0v) is 8.50. The highest BCUT2D eigenvalue weighted by atomic mass is 16.5. The van der Waals surface area contributed by atoms with E-state index in [2.05, 4.69) is 20.8 Å². The van der Waals surface area contributed by atoms with Crippen molar-refractivity contribution in [2.45, 2.75) is 58.8 Å². The van der Waals surface area contributed by atoms with Crippen molar-refractivity contribution in [3.8, 4) is 0 Å². The summed E-state index contributed by atoms with van der Waals surface area (Å²) in [6, 6.07) is 0. The van der Waals surface area contributed by atoms with Gasteiger partial charge < -0.3 is 9.84 Å². The van der Waals surface area contributed by atoms with E-state index in [4.69, 9.17) is 4.74 Å². The van der Waals surface area contributed by atoms with Crippen LogP contribution in [0.25, 0.3) is 0 Å². The minimum atomic E-state index is -0.251. The lowest BCUT2D eigenvalue weighted by molar-refractivity contribution is -0.00694. The molecule has 0 aliphatic carbocycles. The Morgan fingerprint density at radius 2 is 2.00 bits per heavy atom. The second-order valence-corrected chi connectivity index (χ2v) is 5.05. The summed E-state index contributed by atoms with van der Waals surface area (Å²) in [5.41, 5.74) is 0.246. The van der Waals surface area contributed by atoms with Crippen LogP contribution in [0.3, 0.4) is 0 Å². The normalized spacial score (nSPS) is 37.2. The maximum Gasteiger partial charge on any atom is 0.0843 e. The van der Waals surface area contributed by atoms with E-state index in [1.807, 2.05) is 6.92 Å². The molecule has 0 aromatic carbocycles. The highest BCUT2D eigenvalue weighted by molar-refractivity contribution is 4.83. The van der Waals surface area contributed by atoms with Crippen LogP contribution in [-0.4, -0.2) is 23.4 Å². The van der Waals surface area contributed by atoms with Gasteiger partial charge in [-0.05, 0) is 18.8 Å². The van der Waals surface area contributed by atoms with Crippen LogP contribution < -0.4 is 0 Å². The second kappa shape index (κ2) is 3.35. The zero-order chi connectivity index (χ0) is 9.35.